The zero-order valence-electron chi connectivity index (χ0n) is 13.1. The number of fused-ring (bicyclic) bond motifs is 1. The molecule has 6 nitrogen and oxygen atoms in total. The van der Waals surface area contributed by atoms with Gasteiger partial charge in [-0.1, -0.05) is 30.3 Å². The first-order chi connectivity index (χ1) is 11.7. The molecule has 0 aliphatic carbocycles. The van der Waals surface area contributed by atoms with Gasteiger partial charge >= 0.3 is 0 Å². The minimum absolute atomic E-state index is 0.144. The molecular formula is C18H17N3O3. The number of carbonyl (C=O) groups excluding carboxylic acids is 2. The highest BCUT2D eigenvalue weighted by Crippen LogP contribution is 2.17. The number of aromatic amines is 1. The first kappa shape index (κ1) is 15.6. The number of methoxy groups -OCH3 is 1. The van der Waals surface area contributed by atoms with Crippen LogP contribution in [0.15, 0.2) is 54.7 Å². The van der Waals surface area contributed by atoms with Gasteiger partial charge in [0.1, 0.15) is 5.75 Å². The highest BCUT2D eigenvalue weighted by Gasteiger charge is 2.12. The predicted molar refractivity (Wildman–Crippen MR) is 90.6 cm³/mol. The molecule has 2 aromatic carbocycles. The van der Waals surface area contributed by atoms with E-state index in [1.54, 1.807) is 25.4 Å². The monoisotopic (exact) mass is 323 g/mol. The first-order valence-corrected chi connectivity index (χ1v) is 7.45. The summed E-state index contributed by atoms with van der Waals surface area (Å²) < 4.78 is 5.12. The van der Waals surface area contributed by atoms with Crippen LogP contribution in [0.5, 0.6) is 5.75 Å². The van der Waals surface area contributed by atoms with Gasteiger partial charge < -0.3 is 9.72 Å². The molecule has 122 valence electrons. The summed E-state index contributed by atoms with van der Waals surface area (Å²) in [6.07, 6.45) is 1.76. The van der Waals surface area contributed by atoms with E-state index in [9.17, 15) is 9.59 Å². The average Bonchev–Trinajstić information content (AvgIpc) is 3.04. The molecule has 1 aromatic heterocycles. The van der Waals surface area contributed by atoms with Crippen molar-refractivity contribution in [2.75, 3.05) is 7.11 Å². The highest BCUT2D eigenvalue weighted by atomic mass is 16.5. The molecule has 0 unspecified atom stereocenters. The summed E-state index contributed by atoms with van der Waals surface area (Å²) in [6, 6.07) is 14.7. The number of benzene rings is 2. The van der Waals surface area contributed by atoms with Crippen molar-refractivity contribution in [3.05, 3.63) is 65.9 Å². The Hall–Kier alpha value is -3.28. The molecule has 3 rings (SSSR count). The fourth-order valence-corrected chi connectivity index (χ4v) is 2.47. The number of ether oxygens (including phenoxy) is 1. The van der Waals surface area contributed by atoms with E-state index in [1.165, 1.54) is 0 Å². The van der Waals surface area contributed by atoms with Crippen molar-refractivity contribution in [2.45, 2.75) is 6.42 Å². The van der Waals surface area contributed by atoms with Crippen molar-refractivity contribution in [1.82, 2.24) is 15.8 Å². The Morgan fingerprint density at radius 2 is 1.92 bits per heavy atom. The van der Waals surface area contributed by atoms with Crippen LogP contribution in [0.25, 0.3) is 10.9 Å². The van der Waals surface area contributed by atoms with Crippen LogP contribution in [0, 0.1) is 0 Å². The van der Waals surface area contributed by atoms with E-state index in [4.69, 9.17) is 4.74 Å². The Kier molecular flexibility index (Phi) is 4.47. The molecule has 1 heterocycles. The van der Waals surface area contributed by atoms with Crippen LogP contribution in [-0.2, 0) is 11.2 Å². The average molecular weight is 323 g/mol. The minimum Gasteiger partial charge on any atom is -0.497 e. The number of aromatic nitrogens is 1. The van der Waals surface area contributed by atoms with Gasteiger partial charge in [0.05, 0.1) is 19.1 Å². The van der Waals surface area contributed by atoms with Crippen LogP contribution in [-0.4, -0.2) is 23.9 Å². The molecule has 0 radical (unpaired) electrons. The molecule has 3 aromatic rings. The van der Waals surface area contributed by atoms with Crippen molar-refractivity contribution < 1.29 is 14.3 Å². The Morgan fingerprint density at radius 3 is 2.75 bits per heavy atom. The van der Waals surface area contributed by atoms with E-state index in [0.29, 0.717) is 11.3 Å². The lowest BCUT2D eigenvalue weighted by atomic mass is 10.1. The number of hydrogen-bond donors (Lipinski definition) is 3. The standard InChI is InChI=1S/C18H17N3O3/c1-24-13-6-4-5-12(9-13)10-17(22)20-21-18(23)15-11-19-16-8-3-2-7-14(15)16/h2-9,11,19H,10H2,1H3,(H,20,22)(H,21,23). The molecule has 2 amide bonds. The van der Waals surface area contributed by atoms with E-state index in [2.05, 4.69) is 15.8 Å². The normalized spacial score (nSPS) is 10.4. The fourth-order valence-electron chi connectivity index (χ4n) is 2.47. The second-order valence-corrected chi connectivity index (χ2v) is 5.28. The van der Waals surface area contributed by atoms with Crippen LogP contribution < -0.4 is 15.6 Å². The molecule has 0 fully saturated rings. The number of rotatable bonds is 4. The molecule has 0 aliphatic heterocycles. The number of nitrogens with one attached hydrogen (secondary N) is 3. The lowest BCUT2D eigenvalue weighted by molar-refractivity contribution is -0.121. The summed E-state index contributed by atoms with van der Waals surface area (Å²) in [6.45, 7) is 0. The van der Waals surface area contributed by atoms with E-state index >= 15 is 0 Å². The molecule has 0 atom stereocenters. The second kappa shape index (κ2) is 6.87. The van der Waals surface area contributed by atoms with Gasteiger partial charge in [0, 0.05) is 17.1 Å². The van der Waals surface area contributed by atoms with Crippen LogP contribution >= 0.6 is 0 Å². The molecule has 0 saturated carbocycles. The minimum atomic E-state index is -0.369. The maximum atomic E-state index is 12.2. The third-order valence-electron chi connectivity index (χ3n) is 3.65. The summed E-state index contributed by atoms with van der Waals surface area (Å²) in [5, 5.41) is 0.803. The van der Waals surface area contributed by atoms with Gasteiger partial charge in [-0.25, -0.2) is 0 Å². The molecule has 6 heteroatoms. The Balaban J connectivity index is 1.60. The van der Waals surface area contributed by atoms with E-state index < -0.39 is 0 Å². The number of H-pyrrole nitrogens is 1. The molecule has 0 aliphatic rings. The van der Waals surface area contributed by atoms with E-state index in [1.807, 2.05) is 36.4 Å². The maximum Gasteiger partial charge on any atom is 0.271 e. The quantitative estimate of drug-likeness (QED) is 0.644. The van der Waals surface area contributed by atoms with Gasteiger partial charge in [0.15, 0.2) is 0 Å². The predicted octanol–water partition coefficient (Wildman–Crippen LogP) is 2.18. The van der Waals surface area contributed by atoms with Crippen LogP contribution in [0.4, 0.5) is 0 Å². The summed E-state index contributed by atoms with van der Waals surface area (Å²) in [4.78, 5) is 27.2. The largest absolute Gasteiger partial charge is 0.497 e. The summed E-state index contributed by atoms with van der Waals surface area (Å²) in [7, 11) is 1.57. The zero-order chi connectivity index (χ0) is 16.9. The van der Waals surface area contributed by atoms with E-state index in [-0.39, 0.29) is 18.2 Å². The Bertz CT molecular complexity index is 886. The van der Waals surface area contributed by atoms with Crippen LogP contribution in [0.2, 0.25) is 0 Å². The first-order valence-electron chi connectivity index (χ1n) is 7.45. The number of carbonyl (C=O) groups is 2. The number of hydrazine groups is 1. The third kappa shape index (κ3) is 3.38. The summed E-state index contributed by atoms with van der Waals surface area (Å²) in [5.74, 6) is 0.00557. The Morgan fingerprint density at radius 1 is 1.08 bits per heavy atom. The van der Waals surface area contributed by atoms with Gasteiger partial charge in [0.2, 0.25) is 5.91 Å². The molecule has 3 N–H and O–H groups in total. The van der Waals surface area contributed by atoms with Crippen molar-refractivity contribution >= 4 is 22.7 Å². The Labute approximate surface area is 138 Å². The number of para-hydroxylation sites is 1. The SMILES string of the molecule is COc1cccc(CC(=O)NNC(=O)c2c[nH]c3ccccc23)c1. The molecule has 0 bridgehead atoms. The fraction of sp³-hybridized carbons (Fsp3) is 0.111. The molecule has 0 spiro atoms. The van der Waals surface area contributed by atoms with Gasteiger partial charge in [-0.15, -0.1) is 0 Å². The van der Waals surface area contributed by atoms with Crippen molar-refractivity contribution in [3.63, 3.8) is 0 Å². The van der Waals surface area contributed by atoms with Gasteiger partial charge in [-0.3, -0.25) is 20.4 Å². The topological polar surface area (TPSA) is 83.2 Å². The lowest BCUT2D eigenvalue weighted by Crippen LogP contribution is -2.42. The lowest BCUT2D eigenvalue weighted by Gasteiger charge is -2.08. The summed E-state index contributed by atoms with van der Waals surface area (Å²) in [5.41, 5.74) is 7.01. The summed E-state index contributed by atoms with van der Waals surface area (Å²) >= 11 is 0. The smallest absolute Gasteiger partial charge is 0.271 e. The van der Waals surface area contributed by atoms with Crippen molar-refractivity contribution in [3.8, 4) is 5.75 Å². The molecule has 24 heavy (non-hydrogen) atoms. The van der Waals surface area contributed by atoms with Crippen molar-refractivity contribution in [2.24, 2.45) is 0 Å². The number of hydrogen-bond acceptors (Lipinski definition) is 3. The van der Waals surface area contributed by atoms with Gasteiger partial charge in [0.25, 0.3) is 5.91 Å². The van der Waals surface area contributed by atoms with Crippen LogP contribution in [0.3, 0.4) is 0 Å². The molecule has 0 saturated heterocycles. The van der Waals surface area contributed by atoms with Crippen molar-refractivity contribution in [1.29, 1.82) is 0 Å². The van der Waals surface area contributed by atoms with Gasteiger partial charge in [-0.05, 0) is 23.8 Å². The number of amides is 2. The maximum absolute atomic E-state index is 12.2. The highest BCUT2D eigenvalue weighted by molar-refractivity contribution is 6.07. The molecular weight excluding hydrogens is 306 g/mol. The third-order valence-corrected chi connectivity index (χ3v) is 3.65. The second-order valence-electron chi connectivity index (χ2n) is 5.28. The van der Waals surface area contributed by atoms with E-state index in [0.717, 1.165) is 16.5 Å². The van der Waals surface area contributed by atoms with Crippen LogP contribution in [0.1, 0.15) is 15.9 Å². The van der Waals surface area contributed by atoms with Gasteiger partial charge in [-0.2, -0.15) is 0 Å². The zero-order valence-corrected chi connectivity index (χ0v) is 13.1.